The van der Waals surface area contributed by atoms with Crippen LogP contribution in [0.25, 0.3) is 0 Å². The molecule has 0 unspecified atom stereocenters. The van der Waals surface area contributed by atoms with Crippen LogP contribution >= 0.6 is 0 Å². The molecule has 0 saturated carbocycles. The molecule has 1 aliphatic heterocycles. The highest BCUT2D eigenvalue weighted by atomic mass is 19.1. The molecule has 114 valence electrons. The number of carbonyl (C=O) groups excluding carboxylic acids is 1. The Labute approximate surface area is 128 Å². The van der Waals surface area contributed by atoms with Crippen LogP contribution in [0.2, 0.25) is 0 Å². The first-order chi connectivity index (χ1) is 10.7. The highest BCUT2D eigenvalue weighted by Crippen LogP contribution is 2.25. The summed E-state index contributed by atoms with van der Waals surface area (Å²) in [7, 11) is 0. The van der Waals surface area contributed by atoms with E-state index in [0.717, 1.165) is 18.5 Å². The van der Waals surface area contributed by atoms with E-state index in [9.17, 15) is 9.18 Å². The summed E-state index contributed by atoms with van der Waals surface area (Å²) in [5, 5.41) is 2.80. The lowest BCUT2D eigenvalue weighted by Crippen LogP contribution is -2.41. The van der Waals surface area contributed by atoms with E-state index in [-0.39, 0.29) is 17.8 Å². The Kier molecular flexibility index (Phi) is 4.27. The normalized spacial score (nSPS) is 18.0. The van der Waals surface area contributed by atoms with Gasteiger partial charge in [-0.15, -0.1) is 0 Å². The van der Waals surface area contributed by atoms with Crippen LogP contribution in [0.4, 0.5) is 14.9 Å². The van der Waals surface area contributed by atoms with Gasteiger partial charge in [-0.2, -0.15) is 0 Å². The van der Waals surface area contributed by atoms with E-state index in [0.29, 0.717) is 18.8 Å². The molecule has 2 aromatic rings. The summed E-state index contributed by atoms with van der Waals surface area (Å²) in [6, 6.07) is 7.50. The van der Waals surface area contributed by atoms with Crippen molar-refractivity contribution in [2.45, 2.75) is 18.8 Å². The van der Waals surface area contributed by atoms with E-state index in [1.807, 2.05) is 6.07 Å². The number of rotatable bonds is 2. The highest BCUT2D eigenvalue weighted by Gasteiger charge is 2.25. The van der Waals surface area contributed by atoms with Gasteiger partial charge in [0.1, 0.15) is 12.1 Å². The van der Waals surface area contributed by atoms with Gasteiger partial charge in [0, 0.05) is 36.6 Å². The number of nitrogens with one attached hydrogen (secondary N) is 1. The van der Waals surface area contributed by atoms with Crippen molar-refractivity contribution in [2.24, 2.45) is 0 Å². The first-order valence-corrected chi connectivity index (χ1v) is 7.30. The van der Waals surface area contributed by atoms with Gasteiger partial charge in [0.15, 0.2) is 0 Å². The van der Waals surface area contributed by atoms with Crippen LogP contribution in [0, 0.1) is 5.82 Å². The molecule has 1 fully saturated rings. The predicted octanol–water partition coefficient (Wildman–Crippen LogP) is 3.03. The smallest absolute Gasteiger partial charge is 0.321 e. The Morgan fingerprint density at radius 1 is 1.27 bits per heavy atom. The third-order valence-electron chi connectivity index (χ3n) is 3.83. The second-order valence-corrected chi connectivity index (χ2v) is 5.36. The average molecular weight is 300 g/mol. The van der Waals surface area contributed by atoms with Crippen LogP contribution in [-0.2, 0) is 0 Å². The van der Waals surface area contributed by atoms with Gasteiger partial charge in [-0.25, -0.2) is 19.2 Å². The Bertz CT molecular complexity index is 632. The van der Waals surface area contributed by atoms with Gasteiger partial charge in [0.25, 0.3) is 0 Å². The zero-order valence-corrected chi connectivity index (χ0v) is 12.1. The van der Waals surface area contributed by atoms with E-state index < -0.39 is 0 Å². The molecule has 3 rings (SSSR count). The molecule has 1 aromatic heterocycles. The minimum Gasteiger partial charge on any atom is -0.324 e. The number of halogens is 1. The van der Waals surface area contributed by atoms with Crippen LogP contribution in [0.15, 0.2) is 42.9 Å². The molecular formula is C16H17FN4O. The number of carbonyl (C=O) groups is 1. The van der Waals surface area contributed by atoms with E-state index >= 15 is 0 Å². The molecule has 1 atom stereocenters. The van der Waals surface area contributed by atoms with Crippen molar-refractivity contribution in [3.8, 4) is 0 Å². The lowest BCUT2D eigenvalue weighted by molar-refractivity contribution is 0.192. The Morgan fingerprint density at radius 2 is 2.09 bits per heavy atom. The molecule has 1 saturated heterocycles. The fourth-order valence-corrected chi connectivity index (χ4v) is 2.68. The van der Waals surface area contributed by atoms with Crippen LogP contribution in [0.1, 0.15) is 24.5 Å². The van der Waals surface area contributed by atoms with Crippen molar-refractivity contribution in [3.63, 3.8) is 0 Å². The standard InChI is InChI=1S/C16H17FN4O/c17-13-3-5-14(6-4-13)20-16(22)21-9-1-2-12(10-21)15-7-8-18-11-19-15/h3-8,11-12H,1-2,9-10H2,(H,20,22)/t12-/m0/s1. The van der Waals surface area contributed by atoms with Crippen molar-refractivity contribution in [1.82, 2.24) is 14.9 Å². The van der Waals surface area contributed by atoms with Gasteiger partial charge in [-0.05, 0) is 43.2 Å². The number of piperidine rings is 1. The van der Waals surface area contributed by atoms with Crippen molar-refractivity contribution in [1.29, 1.82) is 0 Å². The first-order valence-electron chi connectivity index (χ1n) is 7.30. The summed E-state index contributed by atoms with van der Waals surface area (Å²) < 4.78 is 12.9. The lowest BCUT2D eigenvalue weighted by atomic mass is 9.95. The Hall–Kier alpha value is -2.50. The fraction of sp³-hybridized carbons (Fsp3) is 0.312. The number of anilines is 1. The zero-order chi connectivity index (χ0) is 15.4. The van der Waals surface area contributed by atoms with Gasteiger partial charge < -0.3 is 10.2 Å². The number of likely N-dealkylation sites (tertiary alicyclic amines) is 1. The van der Waals surface area contributed by atoms with E-state index in [1.165, 1.54) is 18.5 Å². The van der Waals surface area contributed by atoms with Gasteiger partial charge >= 0.3 is 6.03 Å². The van der Waals surface area contributed by atoms with E-state index in [4.69, 9.17) is 0 Å². The summed E-state index contributed by atoms with van der Waals surface area (Å²) in [5.74, 6) is -0.0875. The van der Waals surface area contributed by atoms with Gasteiger partial charge in [0.05, 0.1) is 0 Å². The SMILES string of the molecule is O=C(Nc1ccc(F)cc1)N1CCC[C@H](c2ccncn2)C1. The molecule has 0 bridgehead atoms. The molecule has 2 heterocycles. The monoisotopic (exact) mass is 300 g/mol. The maximum atomic E-state index is 12.9. The third-order valence-corrected chi connectivity index (χ3v) is 3.83. The lowest BCUT2D eigenvalue weighted by Gasteiger charge is -2.32. The molecule has 5 nitrogen and oxygen atoms in total. The van der Waals surface area contributed by atoms with Gasteiger partial charge in [-0.1, -0.05) is 0 Å². The van der Waals surface area contributed by atoms with Gasteiger partial charge in [0.2, 0.25) is 0 Å². The number of hydrogen-bond donors (Lipinski definition) is 1. The van der Waals surface area contributed by atoms with Crippen molar-refractivity contribution in [3.05, 3.63) is 54.4 Å². The quantitative estimate of drug-likeness (QED) is 0.927. The van der Waals surface area contributed by atoms with Gasteiger partial charge in [-0.3, -0.25) is 0 Å². The summed E-state index contributed by atoms with van der Waals surface area (Å²) >= 11 is 0. The number of nitrogens with zero attached hydrogens (tertiary/aromatic N) is 3. The fourth-order valence-electron chi connectivity index (χ4n) is 2.68. The average Bonchev–Trinajstić information content (AvgIpc) is 2.58. The van der Waals surface area contributed by atoms with Crippen molar-refractivity contribution >= 4 is 11.7 Å². The van der Waals surface area contributed by atoms with Crippen LogP contribution in [-0.4, -0.2) is 34.0 Å². The Morgan fingerprint density at radius 3 is 2.82 bits per heavy atom. The van der Waals surface area contributed by atoms with E-state index in [2.05, 4.69) is 15.3 Å². The minimum absolute atomic E-state index is 0.162. The maximum absolute atomic E-state index is 12.9. The molecule has 0 spiro atoms. The molecule has 1 N–H and O–H groups in total. The molecule has 0 aliphatic carbocycles. The molecular weight excluding hydrogens is 283 g/mol. The highest BCUT2D eigenvalue weighted by molar-refractivity contribution is 5.89. The zero-order valence-electron chi connectivity index (χ0n) is 12.1. The number of amides is 2. The summed E-state index contributed by atoms with van der Waals surface area (Å²) in [6.07, 6.45) is 5.20. The molecule has 1 aliphatic rings. The molecule has 1 aromatic carbocycles. The second-order valence-electron chi connectivity index (χ2n) is 5.36. The summed E-state index contributed by atoms with van der Waals surface area (Å²) in [6.45, 7) is 1.35. The van der Waals surface area contributed by atoms with Crippen molar-refractivity contribution < 1.29 is 9.18 Å². The number of hydrogen-bond acceptors (Lipinski definition) is 3. The number of urea groups is 1. The third kappa shape index (κ3) is 3.39. The largest absolute Gasteiger partial charge is 0.324 e. The maximum Gasteiger partial charge on any atom is 0.321 e. The molecule has 2 amide bonds. The molecule has 22 heavy (non-hydrogen) atoms. The Balaban J connectivity index is 1.64. The van der Waals surface area contributed by atoms with Crippen LogP contribution in [0.3, 0.4) is 0 Å². The van der Waals surface area contributed by atoms with E-state index in [1.54, 1.807) is 23.2 Å². The minimum atomic E-state index is -0.320. The molecule has 0 radical (unpaired) electrons. The predicted molar refractivity (Wildman–Crippen MR) is 81.0 cm³/mol. The van der Waals surface area contributed by atoms with Crippen LogP contribution < -0.4 is 5.32 Å². The molecule has 6 heteroatoms. The number of benzene rings is 1. The first kappa shape index (κ1) is 14.4. The number of aromatic nitrogens is 2. The summed E-state index contributed by atoms with van der Waals surface area (Å²) in [5.41, 5.74) is 1.56. The van der Waals surface area contributed by atoms with Crippen molar-refractivity contribution in [2.75, 3.05) is 18.4 Å². The summed E-state index contributed by atoms with van der Waals surface area (Å²) in [4.78, 5) is 22.3. The topological polar surface area (TPSA) is 58.1 Å². The van der Waals surface area contributed by atoms with Crippen LogP contribution in [0.5, 0.6) is 0 Å². The second kappa shape index (κ2) is 6.51.